The predicted molar refractivity (Wildman–Crippen MR) is 81.6 cm³/mol. The molecule has 0 aliphatic heterocycles. The van der Waals surface area contributed by atoms with Crippen molar-refractivity contribution in [3.8, 4) is 0 Å². The van der Waals surface area contributed by atoms with E-state index >= 15 is 0 Å². The first-order valence-electron chi connectivity index (χ1n) is 8.72. The average Bonchev–Trinajstić information content (AvgIpc) is 2.43. The van der Waals surface area contributed by atoms with Crippen molar-refractivity contribution in [3.63, 3.8) is 0 Å². The van der Waals surface area contributed by atoms with Crippen LogP contribution in [0.5, 0.6) is 0 Å². The van der Waals surface area contributed by atoms with Crippen molar-refractivity contribution in [2.24, 2.45) is 17.3 Å². The van der Waals surface area contributed by atoms with Gasteiger partial charge < -0.3 is 9.84 Å². The lowest BCUT2D eigenvalue weighted by Gasteiger charge is -2.64. The number of hydrogen-bond donors (Lipinski definition) is 1. The van der Waals surface area contributed by atoms with Crippen molar-refractivity contribution in [3.05, 3.63) is 0 Å². The lowest BCUT2D eigenvalue weighted by Crippen LogP contribution is -2.66. The second-order valence-electron chi connectivity index (χ2n) is 8.26. The molecule has 3 saturated carbocycles. The Bertz CT molecular complexity index is 359. The van der Waals surface area contributed by atoms with Gasteiger partial charge in [0.2, 0.25) is 0 Å². The molecule has 4 atom stereocenters. The number of aliphatic hydroxyl groups is 1. The van der Waals surface area contributed by atoms with Gasteiger partial charge in [0.05, 0.1) is 11.2 Å². The molecular formula is C18H32O2. The van der Waals surface area contributed by atoms with Gasteiger partial charge in [0, 0.05) is 12.5 Å². The van der Waals surface area contributed by atoms with E-state index in [1.54, 1.807) is 0 Å². The Kier molecular flexibility index (Phi) is 3.70. The Morgan fingerprint density at radius 3 is 2.15 bits per heavy atom. The number of hydrogen-bond acceptors (Lipinski definition) is 2. The second kappa shape index (κ2) is 4.98. The highest BCUT2D eigenvalue weighted by molar-refractivity contribution is 5.14. The quantitative estimate of drug-likeness (QED) is 0.817. The Morgan fingerprint density at radius 1 is 0.950 bits per heavy atom. The zero-order chi connectivity index (χ0) is 14.4. The molecule has 3 fully saturated rings. The molecule has 2 nitrogen and oxygen atoms in total. The van der Waals surface area contributed by atoms with Crippen LogP contribution in [-0.4, -0.2) is 23.4 Å². The van der Waals surface area contributed by atoms with Crippen molar-refractivity contribution in [1.82, 2.24) is 0 Å². The lowest BCUT2D eigenvalue weighted by molar-refractivity contribution is -0.255. The van der Waals surface area contributed by atoms with Gasteiger partial charge in [-0.1, -0.05) is 38.5 Å². The normalized spacial score (nSPS) is 45.6. The van der Waals surface area contributed by atoms with Crippen LogP contribution < -0.4 is 0 Å². The Hall–Kier alpha value is -0.0800. The first kappa shape index (κ1) is 14.8. The van der Waals surface area contributed by atoms with Crippen LogP contribution in [0.2, 0.25) is 0 Å². The summed E-state index contributed by atoms with van der Waals surface area (Å²) in [4.78, 5) is 0. The van der Waals surface area contributed by atoms with Gasteiger partial charge in [-0.3, -0.25) is 0 Å². The zero-order valence-electron chi connectivity index (χ0n) is 13.6. The summed E-state index contributed by atoms with van der Waals surface area (Å²) in [7, 11) is 1.90. The molecule has 1 N–H and O–H groups in total. The topological polar surface area (TPSA) is 29.5 Å². The van der Waals surface area contributed by atoms with Crippen molar-refractivity contribution in [1.29, 1.82) is 0 Å². The highest BCUT2D eigenvalue weighted by Crippen LogP contribution is 2.64. The molecule has 116 valence electrons. The van der Waals surface area contributed by atoms with E-state index in [9.17, 15) is 5.11 Å². The average molecular weight is 280 g/mol. The maximum Gasteiger partial charge on any atom is 0.0764 e. The van der Waals surface area contributed by atoms with E-state index in [1.165, 1.54) is 51.4 Å². The molecular weight excluding hydrogens is 248 g/mol. The van der Waals surface area contributed by atoms with Gasteiger partial charge in [0.15, 0.2) is 0 Å². The maximum atomic E-state index is 11.0. The van der Waals surface area contributed by atoms with Crippen LogP contribution in [-0.2, 0) is 4.74 Å². The van der Waals surface area contributed by atoms with Crippen molar-refractivity contribution in [2.45, 2.75) is 89.3 Å². The van der Waals surface area contributed by atoms with E-state index in [-0.39, 0.29) is 11.0 Å². The van der Waals surface area contributed by atoms with Gasteiger partial charge in [-0.05, 0) is 51.4 Å². The highest BCUT2D eigenvalue weighted by Gasteiger charge is 2.64. The lowest BCUT2D eigenvalue weighted by atomic mass is 9.45. The predicted octanol–water partition coefficient (Wildman–Crippen LogP) is 4.30. The van der Waals surface area contributed by atoms with Crippen LogP contribution in [0.15, 0.2) is 0 Å². The third kappa shape index (κ3) is 1.98. The van der Waals surface area contributed by atoms with E-state index in [4.69, 9.17) is 4.74 Å². The van der Waals surface area contributed by atoms with Crippen LogP contribution in [0.25, 0.3) is 0 Å². The summed E-state index contributed by atoms with van der Waals surface area (Å²) in [5.41, 5.74) is -0.723. The minimum absolute atomic E-state index is 0.0223. The van der Waals surface area contributed by atoms with Crippen molar-refractivity contribution >= 4 is 0 Å². The van der Waals surface area contributed by atoms with Crippen LogP contribution in [0.4, 0.5) is 0 Å². The molecule has 0 saturated heterocycles. The summed E-state index contributed by atoms with van der Waals surface area (Å²) >= 11 is 0. The van der Waals surface area contributed by atoms with E-state index in [0.29, 0.717) is 0 Å². The van der Waals surface area contributed by atoms with Crippen LogP contribution in [0, 0.1) is 17.3 Å². The number of fused-ring (bicyclic) bond motifs is 2. The SMILES string of the molecule is COC12CCCCC1(C(C)(C)O)CC1CCCCC1C2. The summed E-state index contributed by atoms with van der Waals surface area (Å²) in [5.74, 6) is 1.67. The fourth-order valence-electron chi connectivity index (χ4n) is 6.08. The second-order valence-corrected chi connectivity index (χ2v) is 8.26. The van der Waals surface area contributed by atoms with E-state index in [2.05, 4.69) is 0 Å². The molecule has 3 aliphatic carbocycles. The molecule has 20 heavy (non-hydrogen) atoms. The van der Waals surface area contributed by atoms with Gasteiger partial charge in [-0.15, -0.1) is 0 Å². The maximum absolute atomic E-state index is 11.0. The van der Waals surface area contributed by atoms with Crippen LogP contribution >= 0.6 is 0 Å². The monoisotopic (exact) mass is 280 g/mol. The number of ether oxygens (including phenoxy) is 1. The highest BCUT2D eigenvalue weighted by atomic mass is 16.5. The van der Waals surface area contributed by atoms with Crippen LogP contribution in [0.3, 0.4) is 0 Å². The summed E-state index contributed by atoms with van der Waals surface area (Å²) in [6, 6.07) is 0. The van der Waals surface area contributed by atoms with E-state index in [1.807, 2.05) is 21.0 Å². The molecule has 0 heterocycles. The molecule has 2 heteroatoms. The largest absolute Gasteiger partial charge is 0.390 e. The summed E-state index contributed by atoms with van der Waals surface area (Å²) < 4.78 is 6.20. The van der Waals surface area contributed by atoms with Crippen molar-refractivity contribution in [2.75, 3.05) is 7.11 Å². The summed E-state index contributed by atoms with van der Waals surface area (Å²) in [6.07, 6.45) is 12.8. The summed E-state index contributed by atoms with van der Waals surface area (Å²) in [5, 5.41) is 11.0. The zero-order valence-corrected chi connectivity index (χ0v) is 13.6. The first-order valence-corrected chi connectivity index (χ1v) is 8.72. The molecule has 0 bridgehead atoms. The van der Waals surface area contributed by atoms with E-state index in [0.717, 1.165) is 24.7 Å². The molecule has 4 unspecified atom stereocenters. The van der Waals surface area contributed by atoms with E-state index < -0.39 is 5.60 Å². The standard InChI is InChI=1S/C18H32O2/c1-16(2,19)17-10-6-7-11-18(17,20-3)13-15-9-5-4-8-14(15)12-17/h14-15,19H,4-13H2,1-3H3. The van der Waals surface area contributed by atoms with Gasteiger partial charge in [0.25, 0.3) is 0 Å². The smallest absolute Gasteiger partial charge is 0.0764 e. The first-order chi connectivity index (χ1) is 9.44. The fraction of sp³-hybridized carbons (Fsp3) is 1.00. The van der Waals surface area contributed by atoms with Crippen molar-refractivity contribution < 1.29 is 9.84 Å². The van der Waals surface area contributed by atoms with Gasteiger partial charge in [-0.2, -0.15) is 0 Å². The number of methoxy groups -OCH3 is 1. The van der Waals surface area contributed by atoms with Crippen LogP contribution in [0.1, 0.15) is 78.1 Å². The Morgan fingerprint density at radius 2 is 1.55 bits per heavy atom. The molecule has 3 aliphatic rings. The third-order valence-electron chi connectivity index (χ3n) is 7.14. The van der Waals surface area contributed by atoms with Gasteiger partial charge >= 0.3 is 0 Å². The minimum Gasteiger partial charge on any atom is -0.390 e. The number of rotatable bonds is 2. The molecule has 0 aromatic rings. The molecule has 0 spiro atoms. The molecule has 0 radical (unpaired) electrons. The molecule has 0 aromatic carbocycles. The Labute approximate surface area is 124 Å². The van der Waals surface area contributed by atoms with Gasteiger partial charge in [-0.25, -0.2) is 0 Å². The molecule has 3 rings (SSSR count). The van der Waals surface area contributed by atoms with Gasteiger partial charge in [0.1, 0.15) is 0 Å². The fourth-order valence-corrected chi connectivity index (χ4v) is 6.08. The third-order valence-corrected chi connectivity index (χ3v) is 7.14. The summed E-state index contributed by atoms with van der Waals surface area (Å²) in [6.45, 7) is 4.07. The molecule has 0 amide bonds. The Balaban J connectivity index is 2.00. The minimum atomic E-state index is -0.633. The molecule has 0 aromatic heterocycles.